The van der Waals surface area contributed by atoms with E-state index in [1.807, 2.05) is 18.2 Å². The van der Waals surface area contributed by atoms with E-state index in [4.69, 9.17) is 9.47 Å². The normalized spacial score (nSPS) is 15.7. The van der Waals surface area contributed by atoms with Gasteiger partial charge in [-0.15, -0.1) is 11.3 Å². The number of anilines is 1. The Labute approximate surface area is 148 Å². The second kappa shape index (κ2) is 6.00. The van der Waals surface area contributed by atoms with E-state index in [9.17, 15) is 0 Å². The van der Waals surface area contributed by atoms with Crippen molar-refractivity contribution < 1.29 is 9.47 Å². The molecule has 0 spiro atoms. The summed E-state index contributed by atoms with van der Waals surface area (Å²) in [4.78, 5) is 11.3. The monoisotopic (exact) mass is 352 g/mol. The van der Waals surface area contributed by atoms with Crippen molar-refractivity contribution >= 4 is 33.6 Å². The van der Waals surface area contributed by atoms with Crippen molar-refractivity contribution in [1.29, 1.82) is 0 Å². The fraction of sp³-hybridized carbons (Fsp3) is 0.278. The summed E-state index contributed by atoms with van der Waals surface area (Å²) in [6.45, 7) is 0.274. The minimum absolute atomic E-state index is 0.274. The Bertz CT molecular complexity index is 983. The van der Waals surface area contributed by atoms with Gasteiger partial charge in [0.2, 0.25) is 6.79 Å². The first kappa shape index (κ1) is 14.7. The first-order chi connectivity index (χ1) is 12.4. The zero-order valence-corrected chi connectivity index (χ0v) is 14.3. The van der Waals surface area contributed by atoms with Crippen molar-refractivity contribution in [2.45, 2.75) is 25.7 Å². The molecule has 0 fully saturated rings. The van der Waals surface area contributed by atoms with Crippen LogP contribution in [0.4, 0.5) is 5.82 Å². The van der Waals surface area contributed by atoms with Crippen LogP contribution in [0, 0.1) is 0 Å². The lowest BCUT2D eigenvalue weighted by Gasteiger charge is -2.11. The maximum Gasteiger partial charge on any atom is 0.231 e. The number of rotatable bonds is 3. The molecule has 1 aliphatic heterocycles. The van der Waals surface area contributed by atoms with Crippen molar-refractivity contribution in [3.8, 4) is 11.5 Å². The van der Waals surface area contributed by atoms with Crippen LogP contribution < -0.4 is 14.9 Å². The number of nitrogens with zero attached hydrogens (tertiary/aromatic N) is 3. The minimum Gasteiger partial charge on any atom is -0.454 e. The Hall–Kier alpha value is -2.67. The van der Waals surface area contributed by atoms with Crippen molar-refractivity contribution in [3.63, 3.8) is 0 Å². The van der Waals surface area contributed by atoms with E-state index in [2.05, 4.69) is 20.5 Å². The molecule has 0 amide bonds. The van der Waals surface area contributed by atoms with Gasteiger partial charge in [0.15, 0.2) is 17.3 Å². The van der Waals surface area contributed by atoms with Gasteiger partial charge in [-0.1, -0.05) is 0 Å². The number of hydrazone groups is 1. The number of nitrogens with one attached hydrogen (secondary N) is 1. The van der Waals surface area contributed by atoms with Crippen LogP contribution in [-0.4, -0.2) is 23.0 Å². The number of aryl methyl sites for hydroxylation is 2. The Morgan fingerprint density at radius 1 is 1.12 bits per heavy atom. The zero-order valence-electron chi connectivity index (χ0n) is 13.5. The molecule has 0 radical (unpaired) electrons. The van der Waals surface area contributed by atoms with Gasteiger partial charge < -0.3 is 9.47 Å². The fourth-order valence-corrected chi connectivity index (χ4v) is 4.57. The first-order valence-corrected chi connectivity index (χ1v) is 9.14. The molecule has 1 N–H and O–H groups in total. The summed E-state index contributed by atoms with van der Waals surface area (Å²) in [6, 6.07) is 5.75. The van der Waals surface area contributed by atoms with Crippen LogP contribution in [0.5, 0.6) is 11.5 Å². The Kier molecular flexibility index (Phi) is 3.52. The molecule has 0 unspecified atom stereocenters. The molecule has 0 atom stereocenters. The smallest absolute Gasteiger partial charge is 0.231 e. The maximum atomic E-state index is 5.39. The second-order valence-electron chi connectivity index (χ2n) is 6.10. The predicted molar refractivity (Wildman–Crippen MR) is 97.8 cm³/mol. The van der Waals surface area contributed by atoms with Gasteiger partial charge in [-0.3, -0.25) is 5.43 Å². The lowest BCUT2D eigenvalue weighted by molar-refractivity contribution is 0.174. The molecule has 0 bridgehead atoms. The molecule has 6 nitrogen and oxygen atoms in total. The lowest BCUT2D eigenvalue weighted by Crippen LogP contribution is -2.00. The van der Waals surface area contributed by atoms with Crippen LogP contribution in [0.15, 0.2) is 29.6 Å². The summed E-state index contributed by atoms with van der Waals surface area (Å²) < 4.78 is 10.7. The third-order valence-corrected chi connectivity index (χ3v) is 5.73. The van der Waals surface area contributed by atoms with E-state index in [0.29, 0.717) is 0 Å². The number of thiophene rings is 1. The Balaban J connectivity index is 1.43. The molecule has 0 saturated carbocycles. The standard InChI is InChI=1S/C18H16N4O2S/c1-2-4-15-12(3-1)16-17(19-9-20-18(16)25-15)22-21-8-11-5-6-13-14(7-11)24-10-23-13/h5-9H,1-4,10H2,(H,19,20,22). The quantitative estimate of drug-likeness (QED) is 0.574. The van der Waals surface area contributed by atoms with Crippen molar-refractivity contribution in [2.24, 2.45) is 5.10 Å². The fourth-order valence-electron chi connectivity index (χ4n) is 3.34. The van der Waals surface area contributed by atoms with Gasteiger partial charge in [0.25, 0.3) is 0 Å². The number of aromatic nitrogens is 2. The topological polar surface area (TPSA) is 68.6 Å². The first-order valence-electron chi connectivity index (χ1n) is 8.32. The number of ether oxygens (including phenoxy) is 2. The molecule has 25 heavy (non-hydrogen) atoms. The zero-order chi connectivity index (χ0) is 16.6. The summed E-state index contributed by atoms with van der Waals surface area (Å²) >= 11 is 1.78. The second-order valence-corrected chi connectivity index (χ2v) is 7.18. The van der Waals surface area contributed by atoms with Crippen LogP contribution in [0.2, 0.25) is 0 Å². The average Bonchev–Trinajstić information content (AvgIpc) is 3.25. The number of hydrogen-bond acceptors (Lipinski definition) is 7. The molecule has 7 heteroatoms. The number of hydrogen-bond donors (Lipinski definition) is 1. The van der Waals surface area contributed by atoms with Crippen LogP contribution >= 0.6 is 11.3 Å². The molecular weight excluding hydrogens is 336 g/mol. The van der Waals surface area contributed by atoms with Crippen LogP contribution in [0.1, 0.15) is 28.8 Å². The van der Waals surface area contributed by atoms with Gasteiger partial charge in [-0.2, -0.15) is 5.10 Å². The third kappa shape index (κ3) is 2.60. The van der Waals surface area contributed by atoms with Crippen molar-refractivity contribution in [3.05, 3.63) is 40.5 Å². The molecule has 2 aliphatic rings. The molecule has 1 aromatic carbocycles. The largest absolute Gasteiger partial charge is 0.454 e. The van der Waals surface area contributed by atoms with E-state index in [1.54, 1.807) is 23.9 Å². The summed E-state index contributed by atoms with van der Waals surface area (Å²) in [5, 5.41) is 5.49. The Morgan fingerprint density at radius 3 is 3.04 bits per heavy atom. The van der Waals surface area contributed by atoms with E-state index in [1.165, 1.54) is 23.3 Å². The van der Waals surface area contributed by atoms with E-state index in [0.717, 1.165) is 45.9 Å². The van der Waals surface area contributed by atoms with E-state index < -0.39 is 0 Å². The molecule has 3 heterocycles. The van der Waals surface area contributed by atoms with Gasteiger partial charge >= 0.3 is 0 Å². The van der Waals surface area contributed by atoms with Gasteiger partial charge in [-0.05, 0) is 55.0 Å². The lowest BCUT2D eigenvalue weighted by atomic mass is 9.97. The van der Waals surface area contributed by atoms with Crippen LogP contribution in [0.3, 0.4) is 0 Å². The highest BCUT2D eigenvalue weighted by Gasteiger charge is 2.19. The highest BCUT2D eigenvalue weighted by atomic mass is 32.1. The van der Waals surface area contributed by atoms with Gasteiger partial charge in [0.1, 0.15) is 11.2 Å². The highest BCUT2D eigenvalue weighted by Crippen LogP contribution is 2.38. The highest BCUT2D eigenvalue weighted by molar-refractivity contribution is 7.19. The summed E-state index contributed by atoms with van der Waals surface area (Å²) in [6.07, 6.45) is 8.10. The summed E-state index contributed by atoms with van der Waals surface area (Å²) in [5.41, 5.74) is 5.43. The molecule has 3 aromatic rings. The molecule has 1 aliphatic carbocycles. The SMILES string of the molecule is C(=NNc1ncnc2sc3c(c12)CCCC3)c1ccc2c(c1)OCO2. The molecule has 2 aromatic heterocycles. The number of fused-ring (bicyclic) bond motifs is 4. The third-order valence-electron chi connectivity index (χ3n) is 4.53. The molecule has 5 rings (SSSR count). The minimum atomic E-state index is 0.274. The number of benzene rings is 1. The van der Waals surface area contributed by atoms with Crippen molar-refractivity contribution in [2.75, 3.05) is 12.2 Å². The van der Waals surface area contributed by atoms with E-state index in [-0.39, 0.29) is 6.79 Å². The average molecular weight is 352 g/mol. The van der Waals surface area contributed by atoms with Crippen molar-refractivity contribution in [1.82, 2.24) is 9.97 Å². The summed E-state index contributed by atoms with van der Waals surface area (Å²) in [5.74, 6) is 2.30. The molecular formula is C18H16N4O2S. The van der Waals surface area contributed by atoms with E-state index >= 15 is 0 Å². The van der Waals surface area contributed by atoms with Gasteiger partial charge in [-0.25, -0.2) is 9.97 Å². The summed E-state index contributed by atoms with van der Waals surface area (Å²) in [7, 11) is 0. The Morgan fingerprint density at radius 2 is 2.04 bits per heavy atom. The van der Waals surface area contributed by atoms with Crippen LogP contribution in [-0.2, 0) is 12.8 Å². The van der Waals surface area contributed by atoms with Gasteiger partial charge in [0, 0.05) is 4.88 Å². The maximum absolute atomic E-state index is 5.39. The predicted octanol–water partition coefficient (Wildman–Crippen LogP) is 3.74. The molecule has 0 saturated heterocycles. The molecule has 126 valence electrons. The van der Waals surface area contributed by atoms with Gasteiger partial charge in [0.05, 0.1) is 11.6 Å². The van der Waals surface area contributed by atoms with Crippen LogP contribution in [0.25, 0.3) is 10.2 Å².